The van der Waals surface area contributed by atoms with Gasteiger partial charge in [-0.05, 0) is 62.8 Å². The molecule has 1 aliphatic heterocycles. The Labute approximate surface area is 194 Å². The molecule has 0 atom stereocenters. The number of esters is 1. The second-order valence-corrected chi connectivity index (χ2v) is 8.72. The lowest BCUT2D eigenvalue weighted by molar-refractivity contribution is -0.147. The minimum Gasteiger partial charge on any atom is -0.469 e. The molecule has 0 radical (unpaired) electrons. The van der Waals surface area contributed by atoms with Gasteiger partial charge in [-0.15, -0.1) is 0 Å². The first-order valence-electron chi connectivity index (χ1n) is 11.5. The quantitative estimate of drug-likeness (QED) is 0.326. The van der Waals surface area contributed by atoms with E-state index < -0.39 is 6.09 Å². The van der Waals surface area contributed by atoms with Gasteiger partial charge in [0.05, 0.1) is 26.7 Å². The molecule has 1 saturated heterocycles. The molecule has 2 aliphatic rings. The Kier molecular flexibility index (Phi) is 8.82. The lowest BCUT2D eigenvalue weighted by Gasteiger charge is -2.34. The highest BCUT2D eigenvalue weighted by molar-refractivity contribution is 6.04. The Morgan fingerprint density at radius 3 is 2.12 bits per heavy atom. The summed E-state index contributed by atoms with van der Waals surface area (Å²) in [5, 5.41) is 13.7. The highest BCUT2D eigenvalue weighted by atomic mass is 16.5. The number of benzene rings is 1. The molecule has 0 spiro atoms. The fourth-order valence-electron chi connectivity index (χ4n) is 4.61. The number of rotatable bonds is 7. The van der Waals surface area contributed by atoms with Crippen molar-refractivity contribution in [2.24, 2.45) is 11.8 Å². The van der Waals surface area contributed by atoms with Crippen molar-refractivity contribution in [3.8, 4) is 0 Å². The molecule has 33 heavy (non-hydrogen) atoms. The lowest BCUT2D eigenvalue weighted by atomic mass is 9.80. The second kappa shape index (κ2) is 11.8. The van der Waals surface area contributed by atoms with Gasteiger partial charge in [0, 0.05) is 36.3 Å². The molecule has 3 rings (SSSR count). The number of nitrogens with zero attached hydrogens (tertiary/aromatic N) is 1. The Morgan fingerprint density at radius 2 is 1.55 bits per heavy atom. The molecule has 9 nitrogen and oxygen atoms in total. The number of piperidine rings is 1. The number of carbonyl (C=O) groups is 3. The molecule has 2 fully saturated rings. The van der Waals surface area contributed by atoms with Crippen LogP contribution in [-0.4, -0.2) is 63.6 Å². The van der Waals surface area contributed by atoms with Gasteiger partial charge in [0.1, 0.15) is 11.6 Å². The summed E-state index contributed by atoms with van der Waals surface area (Å²) in [5.41, 5.74) is 1.68. The van der Waals surface area contributed by atoms with Crippen molar-refractivity contribution < 1.29 is 23.9 Å². The van der Waals surface area contributed by atoms with Crippen LogP contribution in [0.15, 0.2) is 24.3 Å². The number of ketones is 1. The lowest BCUT2D eigenvalue weighted by Crippen LogP contribution is -2.45. The summed E-state index contributed by atoms with van der Waals surface area (Å²) in [6, 6.07) is 7.83. The monoisotopic (exact) mass is 458 g/mol. The van der Waals surface area contributed by atoms with Crippen molar-refractivity contribution in [1.82, 2.24) is 10.6 Å². The van der Waals surface area contributed by atoms with Crippen molar-refractivity contribution in [3.63, 3.8) is 0 Å². The third-order valence-corrected chi connectivity index (χ3v) is 6.71. The smallest absolute Gasteiger partial charge is 0.412 e. The number of hydrogen-bond donors (Lipinski definition) is 3. The van der Waals surface area contributed by atoms with Crippen LogP contribution in [0.3, 0.4) is 0 Å². The molecule has 1 saturated carbocycles. The average Bonchev–Trinajstić information content (AvgIpc) is 2.87. The van der Waals surface area contributed by atoms with E-state index in [1.54, 1.807) is 0 Å². The molecule has 1 aromatic rings. The topological polar surface area (TPSA) is 121 Å². The number of amides is 1. The van der Waals surface area contributed by atoms with Crippen LogP contribution in [0.2, 0.25) is 0 Å². The molecule has 1 amide bonds. The molecule has 9 heteroatoms. The van der Waals surface area contributed by atoms with E-state index in [1.807, 2.05) is 24.3 Å². The first-order chi connectivity index (χ1) is 15.9. The summed E-state index contributed by atoms with van der Waals surface area (Å²) in [7, 11) is 2.68. The van der Waals surface area contributed by atoms with E-state index in [2.05, 4.69) is 20.3 Å². The Hall–Kier alpha value is -2.94. The van der Waals surface area contributed by atoms with Crippen molar-refractivity contribution in [3.05, 3.63) is 29.8 Å². The summed E-state index contributed by atoms with van der Waals surface area (Å²) in [6.07, 6.45) is 4.24. The molecular formula is C24H34N4O5. The zero-order chi connectivity index (χ0) is 23.8. The fourth-order valence-corrected chi connectivity index (χ4v) is 4.61. The zero-order valence-corrected chi connectivity index (χ0v) is 19.4. The molecule has 1 aromatic carbocycles. The third-order valence-electron chi connectivity index (χ3n) is 6.71. The summed E-state index contributed by atoms with van der Waals surface area (Å²) in [5.74, 6) is 0.0835. The number of anilines is 1. The molecule has 180 valence electrons. The number of methoxy groups -OCH3 is 2. The van der Waals surface area contributed by atoms with Crippen LogP contribution in [0.4, 0.5) is 10.5 Å². The van der Waals surface area contributed by atoms with Crippen molar-refractivity contribution in [2.75, 3.05) is 38.8 Å². The largest absolute Gasteiger partial charge is 0.469 e. The van der Waals surface area contributed by atoms with Crippen LogP contribution in [0, 0.1) is 17.2 Å². The van der Waals surface area contributed by atoms with Crippen molar-refractivity contribution in [2.45, 2.75) is 44.6 Å². The van der Waals surface area contributed by atoms with E-state index in [1.165, 1.54) is 14.2 Å². The van der Waals surface area contributed by atoms with E-state index in [9.17, 15) is 14.4 Å². The Morgan fingerprint density at radius 1 is 0.939 bits per heavy atom. The first-order valence-corrected chi connectivity index (χ1v) is 11.5. The van der Waals surface area contributed by atoms with E-state index >= 15 is 0 Å². The first kappa shape index (κ1) is 24.7. The van der Waals surface area contributed by atoms with Crippen molar-refractivity contribution >= 4 is 29.4 Å². The highest BCUT2D eigenvalue weighted by Crippen LogP contribution is 2.30. The van der Waals surface area contributed by atoms with E-state index in [0.717, 1.165) is 57.3 Å². The van der Waals surface area contributed by atoms with E-state index in [0.29, 0.717) is 18.2 Å². The fraction of sp³-hybridized carbons (Fsp3) is 0.583. The van der Waals surface area contributed by atoms with E-state index in [4.69, 9.17) is 10.1 Å². The maximum absolute atomic E-state index is 12.6. The van der Waals surface area contributed by atoms with Crippen LogP contribution in [0.25, 0.3) is 0 Å². The number of hydrogen-bond acceptors (Lipinski definition) is 8. The number of ether oxygens (including phenoxy) is 2. The summed E-state index contributed by atoms with van der Waals surface area (Å²) in [6.45, 7) is 2.16. The molecule has 3 N–H and O–H groups in total. The van der Waals surface area contributed by atoms with Gasteiger partial charge in [-0.25, -0.2) is 4.79 Å². The van der Waals surface area contributed by atoms with Gasteiger partial charge in [-0.1, -0.05) is 0 Å². The number of alkyl carbamates (subject to hydrolysis) is 1. The Balaban J connectivity index is 1.38. The summed E-state index contributed by atoms with van der Waals surface area (Å²) in [4.78, 5) is 37.8. The number of Topliss-reactive ketones (excluding diaryl/α,β-unsaturated/α-hetero) is 1. The predicted octanol–water partition coefficient (Wildman–Crippen LogP) is 2.47. The molecule has 0 aromatic heterocycles. The molecular weight excluding hydrogens is 424 g/mol. The molecule has 1 heterocycles. The maximum atomic E-state index is 12.6. The van der Waals surface area contributed by atoms with E-state index in [-0.39, 0.29) is 29.4 Å². The number of nitrogens with one attached hydrogen (secondary N) is 3. The minimum absolute atomic E-state index is 0.000224. The third kappa shape index (κ3) is 6.77. The number of carbonyl (C=O) groups excluding carboxylic acids is 3. The van der Waals surface area contributed by atoms with Crippen LogP contribution in [0.1, 0.15) is 44.1 Å². The average molecular weight is 459 g/mol. The standard InChI is InChI=1S/C24H34N4O5/c1-32-23(30)18-5-3-16(4-6-18)21(29)15-26-19-11-13-28(14-12-19)20-9-7-17(8-10-20)22(25)27-24(31)33-2/h7-10,16,18-19,26H,3-6,11-15H2,1-2H3,(H2,25,27,31)/t16-,18-. The maximum Gasteiger partial charge on any atom is 0.412 e. The zero-order valence-electron chi connectivity index (χ0n) is 19.4. The summed E-state index contributed by atoms with van der Waals surface area (Å²) < 4.78 is 9.33. The van der Waals surface area contributed by atoms with Crippen LogP contribution in [0.5, 0.6) is 0 Å². The molecule has 0 bridgehead atoms. The van der Waals surface area contributed by atoms with Crippen LogP contribution >= 0.6 is 0 Å². The van der Waals surface area contributed by atoms with Gasteiger partial charge in [-0.3, -0.25) is 20.3 Å². The second-order valence-electron chi connectivity index (χ2n) is 8.72. The van der Waals surface area contributed by atoms with Gasteiger partial charge >= 0.3 is 12.1 Å². The Bertz CT molecular complexity index is 841. The van der Waals surface area contributed by atoms with Gasteiger partial charge in [0.15, 0.2) is 0 Å². The summed E-state index contributed by atoms with van der Waals surface area (Å²) >= 11 is 0. The van der Waals surface area contributed by atoms with Gasteiger partial charge in [-0.2, -0.15) is 0 Å². The normalized spacial score (nSPS) is 21.2. The molecule has 0 unspecified atom stereocenters. The predicted molar refractivity (Wildman–Crippen MR) is 125 cm³/mol. The van der Waals surface area contributed by atoms with Gasteiger partial charge < -0.3 is 19.7 Å². The van der Waals surface area contributed by atoms with Crippen LogP contribution < -0.4 is 15.5 Å². The SMILES string of the molecule is COC(=O)NC(=N)c1ccc(N2CCC(NCC(=O)[C@H]3CC[C@H](C(=O)OC)CC3)CC2)cc1. The van der Waals surface area contributed by atoms with Crippen LogP contribution in [-0.2, 0) is 19.1 Å². The molecule has 1 aliphatic carbocycles. The minimum atomic E-state index is -0.661. The van der Waals surface area contributed by atoms with Gasteiger partial charge in [0.2, 0.25) is 0 Å². The van der Waals surface area contributed by atoms with Gasteiger partial charge in [0.25, 0.3) is 0 Å². The number of amidine groups is 1. The van der Waals surface area contributed by atoms with Crippen molar-refractivity contribution in [1.29, 1.82) is 5.41 Å². The highest BCUT2D eigenvalue weighted by Gasteiger charge is 2.30.